The number of nitrogens with one attached hydrogen (secondary N) is 2. The number of carbonyl (C=O) groups excluding carboxylic acids is 1. The smallest absolute Gasteiger partial charge is 0.357 e. The van der Waals surface area contributed by atoms with Crippen molar-refractivity contribution in [3.8, 4) is 0 Å². The highest BCUT2D eigenvalue weighted by Gasteiger charge is 2.30. The van der Waals surface area contributed by atoms with Gasteiger partial charge in [-0.1, -0.05) is 6.07 Å². The highest BCUT2D eigenvalue weighted by Crippen LogP contribution is 2.37. The number of hydrogen-bond acceptors (Lipinski definition) is 4. The zero-order valence-corrected chi connectivity index (χ0v) is 14.0. The minimum atomic E-state index is -4.50. The van der Waals surface area contributed by atoms with Crippen molar-refractivity contribution in [2.45, 2.75) is 16.6 Å². The summed E-state index contributed by atoms with van der Waals surface area (Å²) < 4.78 is 55.8. The summed E-state index contributed by atoms with van der Waals surface area (Å²) in [4.78, 5) is 11.4. The molecule has 0 radical (unpaired) electrons. The first kappa shape index (κ1) is 19.9. The van der Waals surface area contributed by atoms with Gasteiger partial charge in [0.1, 0.15) is 5.82 Å². The Hall–Kier alpha value is -1.13. The average molecular weight is 372 g/mol. The fraction of sp³-hybridized carbons (Fsp3) is 0.462. The Balaban J connectivity index is 2.76. The zero-order valence-electron chi connectivity index (χ0n) is 12.4. The van der Waals surface area contributed by atoms with Crippen LogP contribution in [0.1, 0.15) is 11.8 Å². The van der Waals surface area contributed by atoms with Gasteiger partial charge in [0, 0.05) is 29.9 Å². The van der Waals surface area contributed by atoms with Crippen molar-refractivity contribution in [1.82, 2.24) is 10.6 Å². The first-order valence-corrected chi connectivity index (χ1v) is 8.59. The van der Waals surface area contributed by atoms with Crippen LogP contribution in [0.3, 0.4) is 0 Å². The molecule has 1 atom stereocenters. The van der Waals surface area contributed by atoms with Crippen molar-refractivity contribution in [1.29, 1.82) is 0 Å². The molecule has 1 aromatic rings. The van der Waals surface area contributed by atoms with Gasteiger partial charge in [-0.05, 0) is 30.2 Å². The van der Waals surface area contributed by atoms with E-state index in [-0.39, 0.29) is 10.5 Å². The van der Waals surface area contributed by atoms with Gasteiger partial charge in [-0.2, -0.15) is 24.9 Å². The number of ether oxygens (including phenoxy) is 1. The van der Waals surface area contributed by atoms with Crippen LogP contribution in [0, 0.1) is 5.82 Å². The molecule has 0 aliphatic rings. The van der Waals surface area contributed by atoms with Crippen molar-refractivity contribution >= 4 is 29.6 Å². The molecule has 1 rings (SSSR count). The SMILES string of the molecule is COC(NC(=O)NCCSC)c1ccc(SC(F)(F)F)cc1F. The largest absolute Gasteiger partial charge is 0.446 e. The third kappa shape index (κ3) is 7.32. The molecule has 0 fully saturated rings. The molecule has 23 heavy (non-hydrogen) atoms. The summed E-state index contributed by atoms with van der Waals surface area (Å²) in [6.07, 6.45) is 0.780. The van der Waals surface area contributed by atoms with Crippen molar-refractivity contribution in [2.24, 2.45) is 0 Å². The standard InChI is InChI=1S/C13H16F4N2O2S2/c1-21-11(19-12(20)18-5-6-22-2)9-4-3-8(7-10(9)14)23-13(15,16)17/h3-4,7,11H,5-6H2,1-2H3,(H2,18,19,20). The van der Waals surface area contributed by atoms with Crippen molar-refractivity contribution in [3.63, 3.8) is 0 Å². The fourth-order valence-electron chi connectivity index (χ4n) is 1.62. The number of rotatable bonds is 7. The van der Waals surface area contributed by atoms with Gasteiger partial charge in [0.2, 0.25) is 0 Å². The van der Waals surface area contributed by atoms with Crippen LogP contribution in [0.5, 0.6) is 0 Å². The van der Waals surface area contributed by atoms with Crippen LogP contribution in [0.15, 0.2) is 23.1 Å². The van der Waals surface area contributed by atoms with Crippen LogP contribution in [0.25, 0.3) is 0 Å². The fourth-order valence-corrected chi connectivity index (χ4v) is 2.49. The minimum Gasteiger partial charge on any atom is -0.357 e. The second kappa shape index (κ2) is 9.24. The lowest BCUT2D eigenvalue weighted by Gasteiger charge is -2.19. The van der Waals surface area contributed by atoms with E-state index in [4.69, 9.17) is 4.74 Å². The summed E-state index contributed by atoms with van der Waals surface area (Å²) >= 11 is 1.13. The number of thioether (sulfide) groups is 2. The lowest BCUT2D eigenvalue weighted by atomic mass is 10.2. The molecular weight excluding hydrogens is 356 g/mol. The van der Waals surface area contributed by atoms with E-state index >= 15 is 0 Å². The molecule has 0 aliphatic heterocycles. The Kier molecular flexibility index (Phi) is 8.00. The zero-order chi connectivity index (χ0) is 17.5. The maximum atomic E-state index is 14.0. The monoisotopic (exact) mass is 372 g/mol. The summed E-state index contributed by atoms with van der Waals surface area (Å²) in [6.45, 7) is 0.424. The molecule has 1 aromatic carbocycles. The van der Waals surface area contributed by atoms with Gasteiger partial charge in [0.15, 0.2) is 6.23 Å². The van der Waals surface area contributed by atoms with Crippen LogP contribution in [-0.2, 0) is 4.74 Å². The number of amides is 2. The Morgan fingerprint density at radius 2 is 2.09 bits per heavy atom. The molecule has 0 aromatic heterocycles. The molecule has 0 saturated heterocycles. The first-order valence-electron chi connectivity index (χ1n) is 6.38. The van der Waals surface area contributed by atoms with Crippen LogP contribution in [0.4, 0.5) is 22.4 Å². The number of benzene rings is 1. The van der Waals surface area contributed by atoms with Crippen LogP contribution >= 0.6 is 23.5 Å². The Labute approximate surface area is 139 Å². The van der Waals surface area contributed by atoms with Crippen molar-refractivity contribution in [3.05, 3.63) is 29.6 Å². The normalized spacial score (nSPS) is 12.8. The second-order valence-corrected chi connectivity index (χ2v) is 6.36. The van der Waals surface area contributed by atoms with E-state index < -0.39 is 35.3 Å². The molecule has 0 bridgehead atoms. The Morgan fingerprint density at radius 1 is 1.39 bits per heavy atom. The van der Waals surface area contributed by atoms with Gasteiger partial charge in [-0.25, -0.2) is 9.18 Å². The molecule has 0 spiro atoms. The molecule has 2 N–H and O–H groups in total. The maximum Gasteiger partial charge on any atom is 0.446 e. The van der Waals surface area contributed by atoms with Gasteiger partial charge in [-0.15, -0.1) is 0 Å². The summed E-state index contributed by atoms with van der Waals surface area (Å²) in [5, 5.41) is 4.95. The highest BCUT2D eigenvalue weighted by atomic mass is 32.2. The molecule has 0 heterocycles. The summed E-state index contributed by atoms with van der Waals surface area (Å²) in [5.74, 6) is -0.182. The van der Waals surface area contributed by atoms with Crippen LogP contribution in [-0.4, -0.2) is 37.2 Å². The first-order chi connectivity index (χ1) is 10.8. The van der Waals surface area contributed by atoms with Crippen molar-refractivity contribution in [2.75, 3.05) is 25.7 Å². The van der Waals surface area contributed by atoms with E-state index in [1.54, 1.807) is 11.8 Å². The van der Waals surface area contributed by atoms with Gasteiger partial charge < -0.3 is 15.4 Å². The molecule has 4 nitrogen and oxygen atoms in total. The van der Waals surface area contributed by atoms with E-state index in [0.717, 1.165) is 18.2 Å². The van der Waals surface area contributed by atoms with E-state index in [0.29, 0.717) is 12.3 Å². The number of hydrogen-bond donors (Lipinski definition) is 2. The number of urea groups is 1. The van der Waals surface area contributed by atoms with Crippen molar-refractivity contribution < 1.29 is 27.1 Å². The van der Waals surface area contributed by atoms with Crippen LogP contribution in [0.2, 0.25) is 0 Å². The molecule has 1 unspecified atom stereocenters. The van der Waals surface area contributed by atoms with E-state index in [9.17, 15) is 22.4 Å². The van der Waals surface area contributed by atoms with E-state index in [1.165, 1.54) is 7.11 Å². The summed E-state index contributed by atoms with van der Waals surface area (Å²) in [6, 6.07) is 2.47. The molecular formula is C13H16F4N2O2S2. The number of halogens is 4. The van der Waals surface area contributed by atoms with Gasteiger partial charge in [0.05, 0.1) is 0 Å². The Morgan fingerprint density at radius 3 is 2.61 bits per heavy atom. The van der Waals surface area contributed by atoms with Gasteiger partial charge >= 0.3 is 11.5 Å². The van der Waals surface area contributed by atoms with Crippen LogP contribution < -0.4 is 10.6 Å². The highest BCUT2D eigenvalue weighted by molar-refractivity contribution is 8.00. The predicted molar refractivity (Wildman–Crippen MR) is 83.0 cm³/mol. The second-order valence-electron chi connectivity index (χ2n) is 4.24. The number of carbonyl (C=O) groups is 1. The quantitative estimate of drug-likeness (QED) is 0.331. The van der Waals surface area contributed by atoms with Gasteiger partial charge in [-0.3, -0.25) is 0 Å². The maximum absolute atomic E-state index is 14.0. The molecule has 130 valence electrons. The molecule has 0 aliphatic carbocycles. The molecule has 0 saturated carbocycles. The summed E-state index contributed by atoms with van der Waals surface area (Å²) in [7, 11) is 1.25. The summed E-state index contributed by atoms with van der Waals surface area (Å²) in [5.41, 5.74) is -4.55. The Bertz CT molecular complexity index is 529. The average Bonchev–Trinajstić information content (AvgIpc) is 2.44. The third-order valence-corrected chi connectivity index (χ3v) is 3.91. The topological polar surface area (TPSA) is 50.4 Å². The number of alkyl halides is 3. The van der Waals surface area contributed by atoms with E-state index in [1.807, 2.05) is 6.26 Å². The van der Waals surface area contributed by atoms with E-state index in [2.05, 4.69) is 10.6 Å². The van der Waals surface area contributed by atoms with Gasteiger partial charge in [0.25, 0.3) is 0 Å². The third-order valence-electron chi connectivity index (χ3n) is 2.58. The predicted octanol–water partition coefficient (Wildman–Crippen LogP) is 3.74. The molecule has 2 amide bonds. The lowest BCUT2D eigenvalue weighted by molar-refractivity contribution is -0.0328. The lowest BCUT2D eigenvalue weighted by Crippen LogP contribution is -2.39. The molecule has 10 heteroatoms. The minimum absolute atomic E-state index is 0.0564. The number of methoxy groups -OCH3 is 1.